The fourth-order valence-corrected chi connectivity index (χ4v) is 1.41. The second kappa shape index (κ2) is 5.63. The van der Waals surface area contributed by atoms with Crippen molar-refractivity contribution >= 4 is 5.78 Å². The van der Waals surface area contributed by atoms with Crippen molar-refractivity contribution in [3.63, 3.8) is 0 Å². The summed E-state index contributed by atoms with van der Waals surface area (Å²) in [5.74, 6) is 1.76. The largest absolute Gasteiger partial charge is 0.300 e. The van der Waals surface area contributed by atoms with Crippen molar-refractivity contribution < 1.29 is 4.79 Å². The SMILES string of the molecule is CCC(=O)CCc1ncnn1CC(C)C. The van der Waals surface area contributed by atoms with Crippen molar-refractivity contribution in [3.8, 4) is 0 Å². The van der Waals surface area contributed by atoms with Crippen LogP contribution in [0.2, 0.25) is 0 Å². The lowest BCUT2D eigenvalue weighted by Gasteiger charge is -2.07. The highest BCUT2D eigenvalue weighted by Crippen LogP contribution is 2.04. The summed E-state index contributed by atoms with van der Waals surface area (Å²) >= 11 is 0. The fraction of sp³-hybridized carbons (Fsp3) is 0.727. The van der Waals surface area contributed by atoms with E-state index < -0.39 is 0 Å². The molecule has 0 bridgehead atoms. The zero-order valence-corrected chi connectivity index (χ0v) is 9.73. The third-order valence-electron chi connectivity index (χ3n) is 2.26. The summed E-state index contributed by atoms with van der Waals surface area (Å²) in [5.41, 5.74) is 0. The number of aryl methyl sites for hydroxylation is 1. The lowest BCUT2D eigenvalue weighted by atomic mass is 10.1. The lowest BCUT2D eigenvalue weighted by Crippen LogP contribution is -2.11. The van der Waals surface area contributed by atoms with Gasteiger partial charge in [0.2, 0.25) is 0 Å². The minimum atomic E-state index is 0.286. The van der Waals surface area contributed by atoms with E-state index in [1.165, 1.54) is 0 Å². The summed E-state index contributed by atoms with van der Waals surface area (Å²) in [5, 5.41) is 4.15. The Labute approximate surface area is 90.7 Å². The van der Waals surface area contributed by atoms with Crippen molar-refractivity contribution in [1.82, 2.24) is 14.8 Å². The molecule has 1 aromatic rings. The summed E-state index contributed by atoms with van der Waals surface area (Å²) in [7, 11) is 0. The predicted molar refractivity (Wildman–Crippen MR) is 58.5 cm³/mol. The number of nitrogens with zero attached hydrogens (tertiary/aromatic N) is 3. The van der Waals surface area contributed by atoms with E-state index in [0.717, 1.165) is 12.4 Å². The summed E-state index contributed by atoms with van der Waals surface area (Å²) < 4.78 is 1.90. The van der Waals surface area contributed by atoms with Gasteiger partial charge in [0.05, 0.1) is 0 Å². The standard InChI is InChI=1S/C11H19N3O/c1-4-10(15)5-6-11-12-8-13-14(11)7-9(2)3/h8-9H,4-7H2,1-3H3. The number of hydrogen-bond acceptors (Lipinski definition) is 3. The van der Waals surface area contributed by atoms with Gasteiger partial charge in [0.1, 0.15) is 17.9 Å². The summed E-state index contributed by atoms with van der Waals surface area (Å²) in [4.78, 5) is 15.4. The smallest absolute Gasteiger partial charge is 0.138 e. The molecule has 0 spiro atoms. The summed E-state index contributed by atoms with van der Waals surface area (Å²) in [6.45, 7) is 7.04. The molecule has 0 aliphatic heterocycles. The fourth-order valence-electron chi connectivity index (χ4n) is 1.41. The van der Waals surface area contributed by atoms with E-state index in [2.05, 4.69) is 23.9 Å². The lowest BCUT2D eigenvalue weighted by molar-refractivity contribution is -0.118. The molecular weight excluding hydrogens is 190 g/mol. The van der Waals surface area contributed by atoms with Crippen LogP contribution in [0.5, 0.6) is 0 Å². The third-order valence-corrected chi connectivity index (χ3v) is 2.26. The maximum atomic E-state index is 11.2. The number of carbonyl (C=O) groups is 1. The average molecular weight is 209 g/mol. The second-order valence-corrected chi connectivity index (χ2v) is 4.14. The maximum Gasteiger partial charge on any atom is 0.138 e. The molecular formula is C11H19N3O. The number of carbonyl (C=O) groups excluding carboxylic acids is 1. The van der Waals surface area contributed by atoms with Crippen LogP contribution in [0, 0.1) is 5.92 Å². The first-order chi connectivity index (χ1) is 7.13. The van der Waals surface area contributed by atoms with E-state index in [0.29, 0.717) is 25.2 Å². The minimum Gasteiger partial charge on any atom is -0.300 e. The van der Waals surface area contributed by atoms with Crippen LogP contribution in [0.3, 0.4) is 0 Å². The molecule has 0 unspecified atom stereocenters. The Kier molecular flexibility index (Phi) is 4.46. The van der Waals surface area contributed by atoms with Crippen LogP contribution in [0.25, 0.3) is 0 Å². The van der Waals surface area contributed by atoms with Gasteiger partial charge < -0.3 is 0 Å². The molecule has 0 fully saturated rings. The molecule has 0 amide bonds. The van der Waals surface area contributed by atoms with Crippen LogP contribution in [0.15, 0.2) is 6.33 Å². The van der Waals surface area contributed by atoms with E-state index in [1.54, 1.807) is 6.33 Å². The van der Waals surface area contributed by atoms with E-state index in [1.807, 2.05) is 11.6 Å². The molecule has 1 heterocycles. The zero-order valence-electron chi connectivity index (χ0n) is 9.73. The van der Waals surface area contributed by atoms with Crippen molar-refractivity contribution in [2.75, 3.05) is 0 Å². The molecule has 0 saturated carbocycles. The highest BCUT2D eigenvalue weighted by Gasteiger charge is 2.07. The predicted octanol–water partition coefficient (Wildman–Crippen LogP) is 1.85. The van der Waals surface area contributed by atoms with Crippen LogP contribution in [0.1, 0.15) is 39.4 Å². The van der Waals surface area contributed by atoms with E-state index in [4.69, 9.17) is 0 Å². The topological polar surface area (TPSA) is 47.8 Å². The molecule has 0 atom stereocenters. The molecule has 4 nitrogen and oxygen atoms in total. The number of rotatable bonds is 6. The summed E-state index contributed by atoms with van der Waals surface area (Å²) in [6.07, 6.45) is 3.46. The third kappa shape index (κ3) is 3.81. The van der Waals surface area contributed by atoms with Crippen LogP contribution >= 0.6 is 0 Å². The molecule has 0 saturated heterocycles. The first-order valence-corrected chi connectivity index (χ1v) is 5.51. The quantitative estimate of drug-likeness (QED) is 0.718. The molecule has 0 N–H and O–H groups in total. The van der Waals surface area contributed by atoms with Crippen molar-refractivity contribution in [2.45, 2.75) is 46.6 Å². The summed E-state index contributed by atoms with van der Waals surface area (Å²) in [6, 6.07) is 0. The average Bonchev–Trinajstić information content (AvgIpc) is 2.61. The molecule has 1 aromatic heterocycles. The molecule has 0 aromatic carbocycles. The van der Waals surface area contributed by atoms with E-state index in [-0.39, 0.29) is 5.78 Å². The Morgan fingerprint density at radius 1 is 1.53 bits per heavy atom. The van der Waals surface area contributed by atoms with Gasteiger partial charge in [-0.05, 0) is 5.92 Å². The zero-order chi connectivity index (χ0) is 11.3. The normalized spacial score (nSPS) is 10.9. The van der Waals surface area contributed by atoms with Gasteiger partial charge in [-0.3, -0.25) is 4.79 Å². The van der Waals surface area contributed by atoms with Gasteiger partial charge in [-0.2, -0.15) is 5.10 Å². The molecule has 0 aliphatic carbocycles. The van der Waals surface area contributed by atoms with Gasteiger partial charge in [-0.25, -0.2) is 9.67 Å². The molecule has 15 heavy (non-hydrogen) atoms. The molecule has 0 radical (unpaired) electrons. The number of ketones is 1. The monoisotopic (exact) mass is 209 g/mol. The molecule has 0 aliphatic rings. The first kappa shape index (κ1) is 11.9. The number of aromatic nitrogens is 3. The Morgan fingerprint density at radius 3 is 2.87 bits per heavy atom. The van der Waals surface area contributed by atoms with Gasteiger partial charge in [0.15, 0.2) is 0 Å². The Balaban J connectivity index is 2.53. The van der Waals surface area contributed by atoms with Gasteiger partial charge in [0.25, 0.3) is 0 Å². The molecule has 4 heteroatoms. The van der Waals surface area contributed by atoms with Gasteiger partial charge in [0, 0.05) is 25.8 Å². The highest BCUT2D eigenvalue weighted by molar-refractivity contribution is 5.78. The van der Waals surface area contributed by atoms with E-state index in [9.17, 15) is 4.79 Å². The highest BCUT2D eigenvalue weighted by atomic mass is 16.1. The first-order valence-electron chi connectivity index (χ1n) is 5.51. The number of hydrogen-bond donors (Lipinski definition) is 0. The Bertz CT molecular complexity index is 317. The van der Waals surface area contributed by atoms with Gasteiger partial charge >= 0.3 is 0 Å². The van der Waals surface area contributed by atoms with Crippen LogP contribution in [0.4, 0.5) is 0 Å². The van der Waals surface area contributed by atoms with Crippen LogP contribution in [-0.2, 0) is 17.8 Å². The van der Waals surface area contributed by atoms with E-state index >= 15 is 0 Å². The van der Waals surface area contributed by atoms with Crippen molar-refractivity contribution in [3.05, 3.63) is 12.2 Å². The van der Waals surface area contributed by atoms with Crippen molar-refractivity contribution in [1.29, 1.82) is 0 Å². The Morgan fingerprint density at radius 2 is 2.27 bits per heavy atom. The second-order valence-electron chi connectivity index (χ2n) is 4.14. The minimum absolute atomic E-state index is 0.286. The van der Waals surface area contributed by atoms with Gasteiger partial charge in [-0.15, -0.1) is 0 Å². The van der Waals surface area contributed by atoms with Gasteiger partial charge in [-0.1, -0.05) is 20.8 Å². The molecule has 1 rings (SSSR count). The maximum absolute atomic E-state index is 11.2. The van der Waals surface area contributed by atoms with Crippen molar-refractivity contribution in [2.24, 2.45) is 5.92 Å². The molecule has 84 valence electrons. The van der Waals surface area contributed by atoms with Crippen LogP contribution < -0.4 is 0 Å². The number of Topliss-reactive ketones (excluding diaryl/α,β-unsaturated/α-hetero) is 1. The van der Waals surface area contributed by atoms with Crippen LogP contribution in [-0.4, -0.2) is 20.5 Å². The Hall–Kier alpha value is -1.19.